The number of aromatic nitrogens is 1. The van der Waals surface area contributed by atoms with Crippen molar-refractivity contribution in [3.63, 3.8) is 0 Å². The Bertz CT molecular complexity index is 700. The highest BCUT2D eigenvalue weighted by atomic mass is 32.1. The smallest absolute Gasteiger partial charge is 0.258 e. The zero-order valence-electron chi connectivity index (χ0n) is 13.1. The molecule has 1 aromatic heterocycles. The molecule has 0 spiro atoms. The van der Waals surface area contributed by atoms with Crippen molar-refractivity contribution in [2.45, 2.75) is 0 Å². The fourth-order valence-electron chi connectivity index (χ4n) is 2.41. The molecule has 0 bridgehead atoms. The highest BCUT2D eigenvalue weighted by Gasteiger charge is 2.11. The molecule has 7 heteroatoms. The number of anilines is 2. The molecule has 1 aromatic carbocycles. The number of benzene rings is 1. The third-order valence-corrected chi connectivity index (χ3v) is 3.86. The Morgan fingerprint density at radius 3 is 2.58 bits per heavy atom. The van der Waals surface area contributed by atoms with Gasteiger partial charge >= 0.3 is 0 Å². The lowest BCUT2D eigenvalue weighted by atomic mass is 10.2. The maximum atomic E-state index is 12.0. The van der Waals surface area contributed by atoms with Gasteiger partial charge in [0.2, 0.25) is 0 Å². The Morgan fingerprint density at radius 1 is 1.17 bits per heavy atom. The number of pyridine rings is 1. The molecule has 2 heterocycles. The van der Waals surface area contributed by atoms with Gasteiger partial charge < -0.3 is 15.0 Å². The number of carbonyl (C=O) groups is 1. The molecule has 1 saturated heterocycles. The predicted octanol–water partition coefficient (Wildman–Crippen LogP) is 2.04. The third kappa shape index (κ3) is 4.27. The third-order valence-electron chi connectivity index (χ3n) is 3.65. The molecule has 1 aliphatic heterocycles. The number of carbonyl (C=O) groups excluding carboxylic acids is 1. The number of hydrogen-bond donors (Lipinski definition) is 2. The van der Waals surface area contributed by atoms with Gasteiger partial charge in [0.1, 0.15) is 0 Å². The molecule has 0 atom stereocenters. The summed E-state index contributed by atoms with van der Waals surface area (Å²) < 4.78 is 5.36. The fraction of sp³-hybridized carbons (Fsp3) is 0.235. The summed E-state index contributed by atoms with van der Waals surface area (Å²) in [5.41, 5.74) is 2.43. The van der Waals surface area contributed by atoms with Crippen molar-refractivity contribution in [2.75, 3.05) is 36.5 Å². The summed E-state index contributed by atoms with van der Waals surface area (Å²) in [7, 11) is 0. The molecule has 6 nitrogen and oxygen atoms in total. The fourth-order valence-corrected chi connectivity index (χ4v) is 2.62. The summed E-state index contributed by atoms with van der Waals surface area (Å²) in [6.07, 6.45) is 3.11. The van der Waals surface area contributed by atoms with E-state index in [1.54, 1.807) is 18.3 Å². The molecule has 24 heavy (non-hydrogen) atoms. The molecule has 124 valence electrons. The van der Waals surface area contributed by atoms with Gasteiger partial charge in [-0.1, -0.05) is 0 Å². The van der Waals surface area contributed by atoms with Crippen molar-refractivity contribution in [1.29, 1.82) is 0 Å². The van der Waals surface area contributed by atoms with Crippen LogP contribution in [0.2, 0.25) is 0 Å². The highest BCUT2D eigenvalue weighted by Crippen LogP contribution is 2.18. The summed E-state index contributed by atoms with van der Waals surface area (Å²) in [6.45, 7) is 3.30. The van der Waals surface area contributed by atoms with E-state index in [9.17, 15) is 4.79 Å². The van der Waals surface area contributed by atoms with E-state index in [1.165, 1.54) is 6.20 Å². The molecule has 1 fully saturated rings. The first-order chi connectivity index (χ1) is 11.7. The maximum Gasteiger partial charge on any atom is 0.258 e. The van der Waals surface area contributed by atoms with Gasteiger partial charge in [0, 0.05) is 36.9 Å². The molecule has 3 rings (SSSR count). The molecule has 0 unspecified atom stereocenters. The van der Waals surface area contributed by atoms with Crippen molar-refractivity contribution in [2.24, 2.45) is 0 Å². The number of morpholine rings is 1. The van der Waals surface area contributed by atoms with Gasteiger partial charge in [-0.05, 0) is 48.6 Å². The Balaban J connectivity index is 1.55. The molecular weight excluding hydrogens is 324 g/mol. The Labute approximate surface area is 145 Å². The van der Waals surface area contributed by atoms with E-state index in [-0.39, 0.29) is 11.0 Å². The second-order valence-corrected chi connectivity index (χ2v) is 5.70. The van der Waals surface area contributed by atoms with Crippen molar-refractivity contribution in [3.8, 4) is 0 Å². The van der Waals surface area contributed by atoms with E-state index >= 15 is 0 Å². The summed E-state index contributed by atoms with van der Waals surface area (Å²) in [5.74, 6) is -0.287. The SMILES string of the molecule is O=C(NC(=S)Nc1ccc(N2CCOCC2)cc1)c1cccnc1. The van der Waals surface area contributed by atoms with Gasteiger partial charge in [-0.25, -0.2) is 0 Å². The van der Waals surface area contributed by atoms with Gasteiger partial charge in [0.15, 0.2) is 5.11 Å². The van der Waals surface area contributed by atoms with Crippen LogP contribution in [-0.4, -0.2) is 42.3 Å². The predicted molar refractivity (Wildman–Crippen MR) is 97.4 cm³/mol. The van der Waals surface area contributed by atoms with Crippen LogP contribution in [0.5, 0.6) is 0 Å². The van der Waals surface area contributed by atoms with Crippen LogP contribution in [0, 0.1) is 0 Å². The lowest BCUT2D eigenvalue weighted by Crippen LogP contribution is -2.36. The Kier molecular flexibility index (Phi) is 5.35. The molecule has 1 aliphatic rings. The molecule has 1 amide bonds. The first-order valence-electron chi connectivity index (χ1n) is 7.67. The van der Waals surface area contributed by atoms with Gasteiger partial charge in [-0.3, -0.25) is 15.1 Å². The Morgan fingerprint density at radius 2 is 1.92 bits per heavy atom. The molecule has 2 N–H and O–H groups in total. The van der Waals surface area contributed by atoms with E-state index in [1.807, 2.05) is 24.3 Å². The molecule has 0 radical (unpaired) electrons. The van der Waals surface area contributed by atoms with Crippen LogP contribution in [0.1, 0.15) is 10.4 Å². The summed E-state index contributed by atoms with van der Waals surface area (Å²) >= 11 is 5.18. The van der Waals surface area contributed by atoms with Crippen LogP contribution in [0.25, 0.3) is 0 Å². The van der Waals surface area contributed by atoms with Gasteiger partial charge in [-0.15, -0.1) is 0 Å². The van der Waals surface area contributed by atoms with E-state index in [4.69, 9.17) is 17.0 Å². The van der Waals surface area contributed by atoms with Crippen LogP contribution < -0.4 is 15.5 Å². The van der Waals surface area contributed by atoms with E-state index in [2.05, 4.69) is 20.5 Å². The number of nitrogens with one attached hydrogen (secondary N) is 2. The minimum atomic E-state index is -0.287. The minimum Gasteiger partial charge on any atom is -0.378 e. The van der Waals surface area contributed by atoms with Crippen LogP contribution in [0.3, 0.4) is 0 Å². The largest absolute Gasteiger partial charge is 0.378 e. The topological polar surface area (TPSA) is 66.5 Å². The van der Waals surface area contributed by atoms with Crippen molar-refractivity contribution in [3.05, 3.63) is 54.4 Å². The lowest BCUT2D eigenvalue weighted by molar-refractivity contribution is 0.0977. The highest BCUT2D eigenvalue weighted by molar-refractivity contribution is 7.80. The first kappa shape index (κ1) is 16.4. The number of amides is 1. The van der Waals surface area contributed by atoms with E-state index in [0.29, 0.717) is 5.56 Å². The lowest BCUT2D eigenvalue weighted by Gasteiger charge is -2.28. The first-order valence-corrected chi connectivity index (χ1v) is 8.08. The van der Waals surface area contributed by atoms with E-state index < -0.39 is 0 Å². The van der Waals surface area contributed by atoms with Crippen LogP contribution in [0.15, 0.2) is 48.8 Å². The van der Waals surface area contributed by atoms with Crippen LogP contribution >= 0.6 is 12.2 Å². The Hall–Kier alpha value is -2.51. The average Bonchev–Trinajstić information content (AvgIpc) is 2.64. The number of rotatable bonds is 3. The number of hydrogen-bond acceptors (Lipinski definition) is 5. The summed E-state index contributed by atoms with van der Waals surface area (Å²) in [5, 5.41) is 5.90. The number of thiocarbonyl (C=S) groups is 1. The normalized spacial score (nSPS) is 14.1. The molecule has 2 aromatic rings. The van der Waals surface area contributed by atoms with Crippen molar-refractivity contribution in [1.82, 2.24) is 10.3 Å². The zero-order valence-corrected chi connectivity index (χ0v) is 13.9. The molecule has 0 saturated carbocycles. The summed E-state index contributed by atoms with van der Waals surface area (Å²) in [4.78, 5) is 18.2. The van der Waals surface area contributed by atoms with Crippen LogP contribution in [-0.2, 0) is 4.74 Å². The molecular formula is C17H18N4O2S. The molecule has 0 aliphatic carbocycles. The second-order valence-electron chi connectivity index (χ2n) is 5.30. The van der Waals surface area contributed by atoms with Gasteiger partial charge in [0.05, 0.1) is 18.8 Å². The van der Waals surface area contributed by atoms with Crippen LogP contribution in [0.4, 0.5) is 11.4 Å². The number of ether oxygens (including phenoxy) is 1. The average molecular weight is 342 g/mol. The maximum absolute atomic E-state index is 12.0. The van der Waals surface area contributed by atoms with Gasteiger partial charge in [-0.2, -0.15) is 0 Å². The second kappa shape index (κ2) is 7.85. The zero-order chi connectivity index (χ0) is 16.8. The standard InChI is InChI=1S/C17H18N4O2S/c22-16(13-2-1-7-18-12-13)20-17(24)19-14-3-5-15(6-4-14)21-8-10-23-11-9-21/h1-7,12H,8-11H2,(H2,19,20,22,24). The minimum absolute atomic E-state index is 0.253. The van der Waals surface area contributed by atoms with Gasteiger partial charge in [0.25, 0.3) is 5.91 Å². The number of nitrogens with zero attached hydrogens (tertiary/aromatic N) is 2. The van der Waals surface area contributed by atoms with Crippen molar-refractivity contribution >= 4 is 34.6 Å². The van der Waals surface area contributed by atoms with Crippen molar-refractivity contribution < 1.29 is 9.53 Å². The summed E-state index contributed by atoms with van der Waals surface area (Å²) in [6, 6.07) is 11.3. The van der Waals surface area contributed by atoms with E-state index in [0.717, 1.165) is 37.7 Å². The monoisotopic (exact) mass is 342 g/mol. The quantitative estimate of drug-likeness (QED) is 0.832.